The molecule has 0 bridgehead atoms. The average molecular weight is 215 g/mol. The van der Waals surface area contributed by atoms with Gasteiger partial charge in [0.1, 0.15) is 6.04 Å². The fourth-order valence-corrected chi connectivity index (χ4v) is 2.05. The van der Waals surface area contributed by atoms with Gasteiger partial charge in [0.25, 0.3) is 0 Å². The summed E-state index contributed by atoms with van der Waals surface area (Å²) in [5, 5.41) is 21.5. The van der Waals surface area contributed by atoms with Gasteiger partial charge in [-0.1, -0.05) is 13.8 Å². The van der Waals surface area contributed by atoms with E-state index >= 15 is 0 Å². The van der Waals surface area contributed by atoms with Gasteiger partial charge in [-0.05, 0) is 31.6 Å². The largest absolute Gasteiger partial charge is 0.480 e. The molecule has 1 rings (SSSR count). The van der Waals surface area contributed by atoms with Crippen molar-refractivity contribution in [3.63, 3.8) is 0 Å². The maximum atomic E-state index is 11.0. The first-order valence-electron chi connectivity index (χ1n) is 5.67. The lowest BCUT2D eigenvalue weighted by Gasteiger charge is -2.30. The molecule has 1 unspecified atom stereocenters. The van der Waals surface area contributed by atoms with Crippen molar-refractivity contribution >= 4 is 5.97 Å². The van der Waals surface area contributed by atoms with Gasteiger partial charge in [0.2, 0.25) is 0 Å². The van der Waals surface area contributed by atoms with E-state index in [1.165, 1.54) is 0 Å². The number of aliphatic hydroxyl groups is 1. The first-order valence-corrected chi connectivity index (χ1v) is 5.67. The second-order valence-electron chi connectivity index (χ2n) is 4.73. The summed E-state index contributed by atoms with van der Waals surface area (Å²) in [7, 11) is 0. The number of aliphatic hydroxyl groups excluding tert-OH is 1. The molecule has 4 heteroatoms. The lowest BCUT2D eigenvalue weighted by Crippen LogP contribution is -2.48. The van der Waals surface area contributed by atoms with Gasteiger partial charge in [0.05, 0.1) is 6.10 Å². The Labute approximate surface area is 90.7 Å². The number of hydrogen-bond donors (Lipinski definition) is 3. The quantitative estimate of drug-likeness (QED) is 0.654. The number of carboxylic acid groups (broad SMARTS) is 1. The minimum atomic E-state index is -0.781. The molecule has 4 nitrogen and oxygen atoms in total. The maximum absolute atomic E-state index is 11.0. The van der Waals surface area contributed by atoms with Crippen molar-refractivity contribution in [1.29, 1.82) is 0 Å². The number of aliphatic carboxylic acids is 1. The van der Waals surface area contributed by atoms with Crippen molar-refractivity contribution < 1.29 is 15.0 Å². The SMILES string of the molecule is CC(C)C(NC1CCC(O)CC1)C(=O)O. The molecule has 0 aliphatic heterocycles. The van der Waals surface area contributed by atoms with Crippen LogP contribution >= 0.6 is 0 Å². The summed E-state index contributed by atoms with van der Waals surface area (Å²) in [4.78, 5) is 11.0. The highest BCUT2D eigenvalue weighted by molar-refractivity contribution is 5.73. The van der Waals surface area contributed by atoms with Crippen LogP contribution in [0.2, 0.25) is 0 Å². The van der Waals surface area contributed by atoms with E-state index in [4.69, 9.17) is 5.11 Å². The Morgan fingerprint density at radius 1 is 1.27 bits per heavy atom. The van der Waals surface area contributed by atoms with Crippen LogP contribution in [-0.2, 0) is 4.79 Å². The van der Waals surface area contributed by atoms with Crippen LogP contribution in [0.5, 0.6) is 0 Å². The third-order valence-electron chi connectivity index (χ3n) is 3.04. The minimum absolute atomic E-state index is 0.0920. The Morgan fingerprint density at radius 3 is 2.20 bits per heavy atom. The van der Waals surface area contributed by atoms with E-state index in [0.29, 0.717) is 0 Å². The first-order chi connectivity index (χ1) is 7.00. The molecular formula is C11H21NO3. The Morgan fingerprint density at radius 2 is 1.80 bits per heavy atom. The number of carbonyl (C=O) groups is 1. The molecule has 88 valence electrons. The summed E-state index contributed by atoms with van der Waals surface area (Å²) in [5.41, 5.74) is 0. The van der Waals surface area contributed by atoms with E-state index in [1.807, 2.05) is 13.8 Å². The van der Waals surface area contributed by atoms with Crippen molar-refractivity contribution in [2.45, 2.75) is 57.7 Å². The normalized spacial score (nSPS) is 29.1. The number of hydrogen-bond acceptors (Lipinski definition) is 3. The second-order valence-corrected chi connectivity index (χ2v) is 4.73. The molecule has 1 atom stereocenters. The Hall–Kier alpha value is -0.610. The van der Waals surface area contributed by atoms with Gasteiger partial charge in [-0.25, -0.2) is 0 Å². The van der Waals surface area contributed by atoms with Crippen LogP contribution in [0.25, 0.3) is 0 Å². The second kappa shape index (κ2) is 5.47. The summed E-state index contributed by atoms with van der Waals surface area (Å²) < 4.78 is 0. The van der Waals surface area contributed by atoms with E-state index in [-0.39, 0.29) is 18.1 Å². The molecule has 0 heterocycles. The van der Waals surface area contributed by atoms with Crippen LogP contribution in [0.15, 0.2) is 0 Å². The summed E-state index contributed by atoms with van der Waals surface area (Å²) in [6.07, 6.45) is 3.12. The molecule has 0 aromatic carbocycles. The zero-order valence-corrected chi connectivity index (χ0v) is 9.44. The summed E-state index contributed by atoms with van der Waals surface area (Å²) >= 11 is 0. The molecule has 1 fully saturated rings. The van der Waals surface area contributed by atoms with Gasteiger partial charge in [0, 0.05) is 6.04 Å². The van der Waals surface area contributed by atoms with Crippen LogP contribution < -0.4 is 5.32 Å². The lowest BCUT2D eigenvalue weighted by molar-refractivity contribution is -0.141. The Balaban J connectivity index is 2.41. The molecule has 0 amide bonds. The molecular weight excluding hydrogens is 194 g/mol. The van der Waals surface area contributed by atoms with Crippen molar-refractivity contribution in [2.24, 2.45) is 5.92 Å². The molecule has 1 aliphatic rings. The highest BCUT2D eigenvalue weighted by Gasteiger charge is 2.27. The molecule has 1 saturated carbocycles. The van der Waals surface area contributed by atoms with Gasteiger partial charge < -0.3 is 15.5 Å². The van der Waals surface area contributed by atoms with E-state index in [0.717, 1.165) is 25.7 Å². The Bertz CT molecular complexity index is 210. The van der Waals surface area contributed by atoms with Crippen LogP contribution in [0, 0.1) is 5.92 Å². The molecule has 0 saturated heterocycles. The summed E-state index contributed by atoms with van der Waals surface area (Å²) in [6.45, 7) is 3.81. The maximum Gasteiger partial charge on any atom is 0.320 e. The fraction of sp³-hybridized carbons (Fsp3) is 0.909. The highest BCUT2D eigenvalue weighted by Crippen LogP contribution is 2.19. The fourth-order valence-electron chi connectivity index (χ4n) is 2.05. The van der Waals surface area contributed by atoms with Gasteiger partial charge in [0.15, 0.2) is 0 Å². The smallest absolute Gasteiger partial charge is 0.320 e. The van der Waals surface area contributed by atoms with Gasteiger partial charge in [-0.15, -0.1) is 0 Å². The number of carboxylic acids is 1. The van der Waals surface area contributed by atoms with Crippen molar-refractivity contribution in [3.05, 3.63) is 0 Å². The average Bonchev–Trinajstić information content (AvgIpc) is 2.15. The van der Waals surface area contributed by atoms with E-state index < -0.39 is 12.0 Å². The topological polar surface area (TPSA) is 69.6 Å². The number of nitrogens with one attached hydrogen (secondary N) is 1. The predicted molar refractivity (Wildman–Crippen MR) is 57.7 cm³/mol. The van der Waals surface area contributed by atoms with Crippen LogP contribution in [0.1, 0.15) is 39.5 Å². The first kappa shape index (κ1) is 12.5. The zero-order valence-electron chi connectivity index (χ0n) is 9.44. The summed E-state index contributed by atoms with van der Waals surface area (Å²) in [5.74, 6) is -0.689. The van der Waals surface area contributed by atoms with Gasteiger partial charge in [-0.2, -0.15) is 0 Å². The van der Waals surface area contributed by atoms with Crippen LogP contribution in [0.4, 0.5) is 0 Å². The molecule has 0 spiro atoms. The molecule has 0 aromatic rings. The highest BCUT2D eigenvalue weighted by atomic mass is 16.4. The van der Waals surface area contributed by atoms with Crippen molar-refractivity contribution in [2.75, 3.05) is 0 Å². The van der Waals surface area contributed by atoms with Crippen LogP contribution in [0.3, 0.4) is 0 Å². The zero-order chi connectivity index (χ0) is 11.4. The minimum Gasteiger partial charge on any atom is -0.480 e. The lowest BCUT2D eigenvalue weighted by atomic mass is 9.91. The number of rotatable bonds is 4. The van der Waals surface area contributed by atoms with Crippen LogP contribution in [-0.4, -0.2) is 34.4 Å². The third-order valence-corrected chi connectivity index (χ3v) is 3.04. The van der Waals surface area contributed by atoms with Crippen molar-refractivity contribution in [3.8, 4) is 0 Å². The molecule has 15 heavy (non-hydrogen) atoms. The molecule has 3 N–H and O–H groups in total. The molecule has 1 aliphatic carbocycles. The standard InChI is InChI=1S/C11H21NO3/c1-7(2)10(11(14)15)12-8-3-5-9(13)6-4-8/h7-10,12-13H,3-6H2,1-2H3,(H,14,15). The van der Waals surface area contributed by atoms with E-state index in [1.54, 1.807) is 0 Å². The van der Waals surface area contributed by atoms with Crippen molar-refractivity contribution in [1.82, 2.24) is 5.32 Å². The van der Waals surface area contributed by atoms with Gasteiger partial charge >= 0.3 is 5.97 Å². The van der Waals surface area contributed by atoms with E-state index in [2.05, 4.69) is 5.32 Å². The molecule has 0 aromatic heterocycles. The van der Waals surface area contributed by atoms with Gasteiger partial charge in [-0.3, -0.25) is 4.79 Å². The Kier molecular flexibility index (Phi) is 4.54. The predicted octanol–water partition coefficient (Wildman–Crippen LogP) is 0.989. The third kappa shape index (κ3) is 3.80. The van der Waals surface area contributed by atoms with E-state index in [9.17, 15) is 9.90 Å². The monoisotopic (exact) mass is 215 g/mol. The molecule has 0 radical (unpaired) electrons. The summed E-state index contributed by atoms with van der Waals surface area (Å²) in [6, 6.07) is -0.220.